The average molecular weight is 306 g/mol. The van der Waals surface area contributed by atoms with Gasteiger partial charge in [0.1, 0.15) is 5.60 Å². The van der Waals surface area contributed by atoms with Gasteiger partial charge in [-0.2, -0.15) is 0 Å². The summed E-state index contributed by atoms with van der Waals surface area (Å²) in [6.07, 6.45) is 7.03. The molecule has 1 aliphatic carbocycles. The molecule has 4 rings (SSSR count). The standard InChI is InChI=1S/C16H26N4O2/c1-15(6-5-10-21-15)13-17-18-14(19(13)2)20-9-11-22-16(12-20)7-3-4-8-16/h3-12H2,1-2H3/t15-/m0/s1. The first-order chi connectivity index (χ1) is 10.6. The lowest BCUT2D eigenvalue weighted by atomic mass is 10.00. The molecule has 2 aliphatic heterocycles. The van der Waals surface area contributed by atoms with Gasteiger partial charge in [0.25, 0.3) is 0 Å². The van der Waals surface area contributed by atoms with Crippen molar-refractivity contribution in [2.75, 3.05) is 31.2 Å². The van der Waals surface area contributed by atoms with Crippen LogP contribution in [0.25, 0.3) is 0 Å². The molecule has 22 heavy (non-hydrogen) atoms. The maximum absolute atomic E-state index is 6.12. The first-order valence-electron chi connectivity index (χ1n) is 8.55. The van der Waals surface area contributed by atoms with Crippen molar-refractivity contribution >= 4 is 5.95 Å². The van der Waals surface area contributed by atoms with Gasteiger partial charge < -0.3 is 14.4 Å². The summed E-state index contributed by atoms with van der Waals surface area (Å²) >= 11 is 0. The van der Waals surface area contributed by atoms with E-state index in [4.69, 9.17) is 9.47 Å². The zero-order valence-electron chi connectivity index (χ0n) is 13.7. The third-order valence-corrected chi connectivity index (χ3v) is 5.59. The first kappa shape index (κ1) is 14.5. The molecule has 1 saturated carbocycles. The van der Waals surface area contributed by atoms with E-state index in [0.717, 1.165) is 50.9 Å². The summed E-state index contributed by atoms with van der Waals surface area (Å²) in [5, 5.41) is 8.95. The molecule has 1 spiro atoms. The summed E-state index contributed by atoms with van der Waals surface area (Å²) in [4.78, 5) is 2.35. The molecule has 6 heteroatoms. The Morgan fingerprint density at radius 2 is 1.82 bits per heavy atom. The molecule has 0 amide bonds. The van der Waals surface area contributed by atoms with Crippen molar-refractivity contribution in [3.8, 4) is 0 Å². The predicted molar refractivity (Wildman–Crippen MR) is 82.9 cm³/mol. The van der Waals surface area contributed by atoms with Crippen LogP contribution in [0.15, 0.2) is 0 Å². The molecule has 0 bridgehead atoms. The maximum Gasteiger partial charge on any atom is 0.227 e. The highest BCUT2D eigenvalue weighted by atomic mass is 16.5. The third-order valence-electron chi connectivity index (χ3n) is 5.59. The Balaban J connectivity index is 1.59. The molecule has 1 aromatic heterocycles. The molecule has 6 nitrogen and oxygen atoms in total. The third kappa shape index (κ3) is 2.24. The number of hydrogen-bond donors (Lipinski definition) is 0. The van der Waals surface area contributed by atoms with Crippen molar-refractivity contribution in [1.82, 2.24) is 14.8 Å². The second-order valence-corrected chi connectivity index (χ2v) is 7.23. The van der Waals surface area contributed by atoms with Crippen LogP contribution < -0.4 is 4.90 Å². The van der Waals surface area contributed by atoms with Gasteiger partial charge in [-0.3, -0.25) is 4.57 Å². The topological polar surface area (TPSA) is 52.4 Å². The molecule has 0 unspecified atom stereocenters. The summed E-state index contributed by atoms with van der Waals surface area (Å²) in [5.74, 6) is 1.91. The lowest BCUT2D eigenvalue weighted by molar-refractivity contribution is -0.0507. The Hall–Kier alpha value is -1.14. The van der Waals surface area contributed by atoms with Crippen molar-refractivity contribution in [2.24, 2.45) is 7.05 Å². The Bertz CT molecular complexity index is 544. The van der Waals surface area contributed by atoms with Crippen LogP contribution in [0, 0.1) is 0 Å². The van der Waals surface area contributed by atoms with Crippen LogP contribution in [-0.2, 0) is 22.1 Å². The van der Waals surface area contributed by atoms with Gasteiger partial charge in [0.05, 0.1) is 12.2 Å². The van der Waals surface area contributed by atoms with Gasteiger partial charge in [0.15, 0.2) is 5.82 Å². The van der Waals surface area contributed by atoms with Crippen LogP contribution in [0.2, 0.25) is 0 Å². The number of rotatable bonds is 2. The first-order valence-corrected chi connectivity index (χ1v) is 8.55. The van der Waals surface area contributed by atoms with E-state index in [1.807, 2.05) is 0 Å². The van der Waals surface area contributed by atoms with Crippen molar-refractivity contribution in [3.63, 3.8) is 0 Å². The van der Waals surface area contributed by atoms with E-state index in [1.54, 1.807) is 0 Å². The van der Waals surface area contributed by atoms with Crippen LogP contribution >= 0.6 is 0 Å². The molecule has 3 fully saturated rings. The smallest absolute Gasteiger partial charge is 0.227 e. The lowest BCUT2D eigenvalue weighted by Gasteiger charge is -2.40. The van der Waals surface area contributed by atoms with E-state index >= 15 is 0 Å². The molecule has 0 aromatic carbocycles. The minimum absolute atomic E-state index is 0.0537. The normalized spacial score (nSPS) is 31.3. The molecule has 122 valence electrons. The van der Waals surface area contributed by atoms with Crippen LogP contribution in [0.1, 0.15) is 51.3 Å². The summed E-state index contributed by atoms with van der Waals surface area (Å²) in [5.41, 5.74) is -0.227. The zero-order valence-corrected chi connectivity index (χ0v) is 13.7. The fourth-order valence-corrected chi connectivity index (χ4v) is 4.35. The summed E-state index contributed by atoms with van der Waals surface area (Å²) in [6.45, 7) is 5.57. The molecule has 0 radical (unpaired) electrons. The fraction of sp³-hybridized carbons (Fsp3) is 0.875. The predicted octanol–water partition coefficient (Wildman–Crippen LogP) is 1.99. The molecule has 1 aromatic rings. The van der Waals surface area contributed by atoms with Crippen LogP contribution in [0.4, 0.5) is 5.95 Å². The fourth-order valence-electron chi connectivity index (χ4n) is 4.35. The van der Waals surface area contributed by atoms with Crippen molar-refractivity contribution in [3.05, 3.63) is 5.82 Å². The Kier molecular flexibility index (Phi) is 3.42. The number of morpholine rings is 1. The van der Waals surface area contributed by atoms with Gasteiger partial charge in [-0.1, -0.05) is 12.8 Å². The van der Waals surface area contributed by atoms with Crippen LogP contribution in [-0.4, -0.2) is 46.7 Å². The van der Waals surface area contributed by atoms with Gasteiger partial charge in [0, 0.05) is 26.7 Å². The second kappa shape index (κ2) is 5.20. The highest BCUT2D eigenvalue weighted by molar-refractivity contribution is 5.34. The second-order valence-electron chi connectivity index (χ2n) is 7.23. The molecular formula is C16H26N4O2. The van der Waals surface area contributed by atoms with Crippen LogP contribution in [0.3, 0.4) is 0 Å². The molecular weight excluding hydrogens is 280 g/mol. The molecule has 0 N–H and O–H groups in total. The van der Waals surface area contributed by atoms with E-state index in [1.165, 1.54) is 25.7 Å². The van der Waals surface area contributed by atoms with E-state index in [2.05, 4.69) is 33.6 Å². The summed E-state index contributed by atoms with van der Waals surface area (Å²) in [7, 11) is 2.06. The lowest BCUT2D eigenvalue weighted by Crippen LogP contribution is -2.51. The highest BCUT2D eigenvalue weighted by Crippen LogP contribution is 2.38. The molecule has 3 aliphatic rings. The van der Waals surface area contributed by atoms with Gasteiger partial charge in [-0.25, -0.2) is 0 Å². The highest BCUT2D eigenvalue weighted by Gasteiger charge is 2.42. The summed E-state index contributed by atoms with van der Waals surface area (Å²) in [6, 6.07) is 0. The van der Waals surface area contributed by atoms with Crippen molar-refractivity contribution in [2.45, 2.75) is 56.7 Å². The maximum atomic E-state index is 6.12. The van der Waals surface area contributed by atoms with E-state index < -0.39 is 0 Å². The van der Waals surface area contributed by atoms with Crippen molar-refractivity contribution < 1.29 is 9.47 Å². The van der Waals surface area contributed by atoms with Gasteiger partial charge in [-0.05, 0) is 32.6 Å². The Morgan fingerprint density at radius 1 is 1.00 bits per heavy atom. The van der Waals surface area contributed by atoms with Crippen LogP contribution in [0.5, 0.6) is 0 Å². The number of hydrogen-bond acceptors (Lipinski definition) is 5. The molecule has 3 heterocycles. The van der Waals surface area contributed by atoms with Gasteiger partial charge in [-0.15, -0.1) is 10.2 Å². The van der Waals surface area contributed by atoms with E-state index in [-0.39, 0.29) is 11.2 Å². The average Bonchev–Trinajstić information content (AvgIpc) is 3.21. The minimum Gasteiger partial charge on any atom is -0.371 e. The zero-order chi connectivity index (χ0) is 15.2. The quantitative estimate of drug-likeness (QED) is 0.836. The Labute approximate surface area is 131 Å². The number of aromatic nitrogens is 3. The molecule has 2 saturated heterocycles. The van der Waals surface area contributed by atoms with E-state index in [9.17, 15) is 0 Å². The van der Waals surface area contributed by atoms with Gasteiger partial charge >= 0.3 is 0 Å². The number of nitrogens with zero attached hydrogens (tertiary/aromatic N) is 4. The summed E-state index contributed by atoms with van der Waals surface area (Å²) < 4.78 is 14.2. The monoisotopic (exact) mass is 306 g/mol. The largest absolute Gasteiger partial charge is 0.371 e. The van der Waals surface area contributed by atoms with Crippen molar-refractivity contribution in [1.29, 1.82) is 0 Å². The number of ether oxygens (including phenoxy) is 2. The minimum atomic E-state index is -0.280. The van der Waals surface area contributed by atoms with E-state index in [0.29, 0.717) is 0 Å². The van der Waals surface area contributed by atoms with Gasteiger partial charge in [0.2, 0.25) is 5.95 Å². The number of anilines is 1. The molecule has 1 atom stereocenters. The SMILES string of the molecule is Cn1c(N2CCOC3(CCCC3)C2)nnc1[C@]1(C)CCCO1. The Morgan fingerprint density at radius 3 is 2.55 bits per heavy atom.